The fraction of sp³-hybridized carbons (Fsp3) is 0.278. The average molecular weight is 347 g/mol. The third-order valence-electron chi connectivity index (χ3n) is 3.74. The molecule has 1 aliphatic heterocycles. The van der Waals surface area contributed by atoms with E-state index in [1.54, 1.807) is 46.6 Å². The van der Waals surface area contributed by atoms with E-state index in [9.17, 15) is 9.18 Å². The Labute approximate surface area is 144 Å². The highest BCUT2D eigenvalue weighted by Gasteiger charge is 2.33. The summed E-state index contributed by atoms with van der Waals surface area (Å²) in [4.78, 5) is 15.2. The number of hydrogen-bond donors (Lipinski definition) is 0. The van der Waals surface area contributed by atoms with Crippen LogP contribution < -0.4 is 0 Å². The number of halogens is 1. The van der Waals surface area contributed by atoms with Crippen LogP contribution in [0.3, 0.4) is 0 Å². The Morgan fingerprint density at radius 1 is 1.22 bits per heavy atom. The third kappa shape index (κ3) is 3.72. The summed E-state index contributed by atoms with van der Waals surface area (Å²) in [6.45, 7) is 2.44. The molecule has 0 radical (unpaired) electrons. The molecule has 2 aromatic rings. The minimum absolute atomic E-state index is 0.0391. The molecule has 1 saturated heterocycles. The molecule has 0 saturated carbocycles. The average Bonchev–Trinajstić information content (AvgIpc) is 2.92. The molecule has 1 heterocycles. The molecular formula is C18H18FNOS2. The molecule has 1 fully saturated rings. The first-order valence-electron chi connectivity index (χ1n) is 7.56. The lowest BCUT2D eigenvalue weighted by Gasteiger charge is -2.24. The summed E-state index contributed by atoms with van der Waals surface area (Å²) < 4.78 is 13.9. The van der Waals surface area contributed by atoms with E-state index in [1.807, 2.05) is 0 Å². The van der Waals surface area contributed by atoms with Crippen molar-refractivity contribution >= 4 is 29.4 Å². The van der Waals surface area contributed by atoms with Crippen molar-refractivity contribution in [2.24, 2.45) is 0 Å². The van der Waals surface area contributed by atoms with Gasteiger partial charge in [-0.3, -0.25) is 4.79 Å². The van der Waals surface area contributed by atoms with Crippen molar-refractivity contribution in [1.82, 2.24) is 4.90 Å². The van der Waals surface area contributed by atoms with Crippen LogP contribution in [0.15, 0.2) is 53.4 Å². The summed E-state index contributed by atoms with van der Waals surface area (Å²) in [6, 6.07) is 15.0. The summed E-state index contributed by atoms with van der Waals surface area (Å²) in [5.74, 6) is 1.29. The Kier molecular flexibility index (Phi) is 5.28. The SMILES string of the molecule is CCSc1ccc(C2SCC(=O)N2Cc2ccccc2F)cc1. The molecule has 1 atom stereocenters. The number of nitrogens with zero attached hydrogens (tertiary/aromatic N) is 1. The van der Waals surface area contributed by atoms with Gasteiger partial charge in [-0.05, 0) is 29.5 Å². The Morgan fingerprint density at radius 2 is 1.96 bits per heavy atom. The monoisotopic (exact) mass is 347 g/mol. The molecule has 0 aromatic heterocycles. The van der Waals surface area contributed by atoms with Crippen LogP contribution in [0.25, 0.3) is 0 Å². The molecule has 3 rings (SSSR count). The maximum Gasteiger partial charge on any atom is 0.234 e. The molecule has 0 bridgehead atoms. The highest BCUT2D eigenvalue weighted by atomic mass is 32.2. The Bertz CT molecular complexity index is 690. The van der Waals surface area contributed by atoms with Crippen molar-refractivity contribution in [3.05, 3.63) is 65.5 Å². The quantitative estimate of drug-likeness (QED) is 0.731. The smallest absolute Gasteiger partial charge is 0.234 e. The van der Waals surface area contributed by atoms with Gasteiger partial charge in [0.1, 0.15) is 11.2 Å². The van der Waals surface area contributed by atoms with E-state index in [0.717, 1.165) is 11.3 Å². The molecule has 0 aliphatic carbocycles. The molecular weight excluding hydrogens is 329 g/mol. The number of benzene rings is 2. The van der Waals surface area contributed by atoms with Gasteiger partial charge in [-0.1, -0.05) is 37.3 Å². The van der Waals surface area contributed by atoms with Gasteiger partial charge in [0.25, 0.3) is 0 Å². The molecule has 23 heavy (non-hydrogen) atoms. The molecule has 2 aromatic carbocycles. The molecule has 1 amide bonds. The summed E-state index contributed by atoms with van der Waals surface area (Å²) in [6.07, 6.45) is 0. The summed E-state index contributed by atoms with van der Waals surface area (Å²) in [5.41, 5.74) is 1.66. The predicted molar refractivity (Wildman–Crippen MR) is 95.0 cm³/mol. The molecule has 1 aliphatic rings. The van der Waals surface area contributed by atoms with Crippen molar-refractivity contribution in [2.45, 2.75) is 23.7 Å². The zero-order valence-electron chi connectivity index (χ0n) is 12.9. The zero-order valence-corrected chi connectivity index (χ0v) is 14.5. The Morgan fingerprint density at radius 3 is 2.65 bits per heavy atom. The summed E-state index contributed by atoms with van der Waals surface area (Å²) in [7, 11) is 0. The van der Waals surface area contributed by atoms with Gasteiger partial charge < -0.3 is 4.90 Å². The van der Waals surface area contributed by atoms with E-state index in [-0.39, 0.29) is 17.1 Å². The second kappa shape index (κ2) is 7.41. The molecule has 0 spiro atoms. The van der Waals surface area contributed by atoms with Gasteiger partial charge in [0.05, 0.1) is 5.75 Å². The van der Waals surface area contributed by atoms with E-state index >= 15 is 0 Å². The number of amides is 1. The van der Waals surface area contributed by atoms with Crippen LogP contribution in [-0.2, 0) is 11.3 Å². The normalized spacial score (nSPS) is 17.7. The Balaban J connectivity index is 1.80. The number of carbonyl (C=O) groups is 1. The highest BCUT2D eigenvalue weighted by molar-refractivity contribution is 8.00. The van der Waals surface area contributed by atoms with E-state index in [4.69, 9.17) is 0 Å². The van der Waals surface area contributed by atoms with Gasteiger partial charge in [-0.15, -0.1) is 23.5 Å². The van der Waals surface area contributed by atoms with Gasteiger partial charge in [0.15, 0.2) is 0 Å². The van der Waals surface area contributed by atoms with Crippen LogP contribution in [0.2, 0.25) is 0 Å². The molecule has 0 N–H and O–H groups in total. The lowest BCUT2D eigenvalue weighted by Crippen LogP contribution is -2.28. The second-order valence-electron chi connectivity index (χ2n) is 5.28. The van der Waals surface area contributed by atoms with Crippen LogP contribution in [0.4, 0.5) is 4.39 Å². The van der Waals surface area contributed by atoms with Crippen molar-refractivity contribution in [3.8, 4) is 0 Å². The number of hydrogen-bond acceptors (Lipinski definition) is 3. The van der Waals surface area contributed by atoms with Gasteiger partial charge >= 0.3 is 0 Å². The minimum Gasteiger partial charge on any atom is -0.321 e. The first-order valence-corrected chi connectivity index (χ1v) is 9.59. The fourth-order valence-corrected chi connectivity index (χ4v) is 4.46. The zero-order chi connectivity index (χ0) is 16.2. The molecule has 120 valence electrons. The third-order valence-corrected chi connectivity index (χ3v) is 5.89. The summed E-state index contributed by atoms with van der Waals surface area (Å²) in [5, 5.41) is -0.0391. The number of thioether (sulfide) groups is 2. The molecule has 5 heteroatoms. The van der Waals surface area contributed by atoms with Gasteiger partial charge in [-0.25, -0.2) is 4.39 Å². The van der Waals surface area contributed by atoms with Crippen LogP contribution in [0.1, 0.15) is 23.4 Å². The Hall–Kier alpha value is -1.46. The minimum atomic E-state index is -0.259. The largest absolute Gasteiger partial charge is 0.321 e. The van der Waals surface area contributed by atoms with Crippen molar-refractivity contribution in [3.63, 3.8) is 0 Å². The van der Waals surface area contributed by atoms with E-state index in [1.165, 1.54) is 11.0 Å². The van der Waals surface area contributed by atoms with E-state index in [2.05, 4.69) is 31.2 Å². The first-order chi connectivity index (χ1) is 11.2. The van der Waals surface area contributed by atoms with Crippen molar-refractivity contribution in [2.75, 3.05) is 11.5 Å². The number of rotatable bonds is 5. The molecule has 2 nitrogen and oxygen atoms in total. The van der Waals surface area contributed by atoms with Crippen LogP contribution in [0.5, 0.6) is 0 Å². The van der Waals surface area contributed by atoms with E-state index < -0.39 is 0 Å². The predicted octanol–water partition coefficient (Wildman–Crippen LogP) is 4.71. The number of carbonyl (C=O) groups excluding carboxylic acids is 1. The topological polar surface area (TPSA) is 20.3 Å². The maximum atomic E-state index is 13.9. The van der Waals surface area contributed by atoms with Crippen molar-refractivity contribution in [1.29, 1.82) is 0 Å². The van der Waals surface area contributed by atoms with E-state index in [0.29, 0.717) is 17.9 Å². The van der Waals surface area contributed by atoms with Crippen molar-refractivity contribution < 1.29 is 9.18 Å². The lowest BCUT2D eigenvalue weighted by atomic mass is 10.1. The van der Waals surface area contributed by atoms with Gasteiger partial charge in [0.2, 0.25) is 5.91 Å². The van der Waals surface area contributed by atoms with Gasteiger partial charge in [-0.2, -0.15) is 0 Å². The molecule has 1 unspecified atom stereocenters. The van der Waals surface area contributed by atoms with Crippen LogP contribution in [0, 0.1) is 5.82 Å². The summed E-state index contributed by atoms with van der Waals surface area (Å²) >= 11 is 3.40. The van der Waals surface area contributed by atoms with Crippen LogP contribution >= 0.6 is 23.5 Å². The first kappa shape index (κ1) is 16.4. The van der Waals surface area contributed by atoms with Crippen LogP contribution in [-0.4, -0.2) is 22.3 Å². The standard InChI is InChI=1S/C18H18FNOS2/c1-2-22-15-9-7-13(8-10-15)18-20(17(21)12-23-18)11-14-5-3-4-6-16(14)19/h3-10,18H,2,11-12H2,1H3. The van der Waals surface area contributed by atoms with Gasteiger partial charge in [0, 0.05) is 17.0 Å². The highest BCUT2D eigenvalue weighted by Crippen LogP contribution is 2.40. The lowest BCUT2D eigenvalue weighted by molar-refractivity contribution is -0.128. The second-order valence-corrected chi connectivity index (χ2v) is 7.68. The fourth-order valence-electron chi connectivity index (χ4n) is 2.61. The maximum absolute atomic E-state index is 13.9.